The van der Waals surface area contributed by atoms with Crippen LogP contribution in [0.4, 0.5) is 0 Å². The first-order valence-electron chi connectivity index (χ1n) is 12.4. The third kappa shape index (κ3) is 4.79. The highest BCUT2D eigenvalue weighted by atomic mass is 16.5. The van der Waals surface area contributed by atoms with Crippen molar-refractivity contribution in [1.29, 1.82) is 0 Å². The van der Waals surface area contributed by atoms with E-state index in [4.69, 9.17) is 9.47 Å². The van der Waals surface area contributed by atoms with E-state index in [1.807, 2.05) is 49.6 Å². The highest BCUT2D eigenvalue weighted by Crippen LogP contribution is 2.36. The number of phenols is 1. The predicted octanol–water partition coefficient (Wildman–Crippen LogP) is 4.63. The van der Waals surface area contributed by atoms with E-state index in [0.29, 0.717) is 29.0 Å². The molecule has 2 aromatic heterocycles. The molecule has 4 aromatic rings. The SMILES string of the molecule is CCCC(CN1CC(c2ccc(-c3ccc(-c4cc(OC)c5nn(C)cc5c4)cc3O)nn2)C1)OC. The van der Waals surface area contributed by atoms with Gasteiger partial charge in [0.2, 0.25) is 0 Å². The van der Waals surface area contributed by atoms with E-state index in [2.05, 4.69) is 27.1 Å². The monoisotopic (exact) mass is 487 g/mol. The van der Waals surface area contributed by atoms with Crippen LogP contribution in [0.5, 0.6) is 11.5 Å². The molecule has 1 atom stereocenters. The lowest BCUT2D eigenvalue weighted by atomic mass is 9.95. The topological polar surface area (TPSA) is 85.5 Å². The summed E-state index contributed by atoms with van der Waals surface area (Å²) >= 11 is 0. The second-order valence-electron chi connectivity index (χ2n) is 9.56. The molecule has 1 unspecified atom stereocenters. The Balaban J connectivity index is 1.29. The van der Waals surface area contributed by atoms with Crippen molar-refractivity contribution in [3.8, 4) is 33.9 Å². The van der Waals surface area contributed by atoms with E-state index >= 15 is 0 Å². The molecule has 0 bridgehead atoms. The van der Waals surface area contributed by atoms with Crippen molar-refractivity contribution in [3.63, 3.8) is 0 Å². The molecule has 0 aliphatic carbocycles. The fourth-order valence-electron chi connectivity index (χ4n) is 4.98. The number of rotatable bonds is 9. The molecule has 1 N–H and O–H groups in total. The van der Waals surface area contributed by atoms with Crippen LogP contribution in [0.25, 0.3) is 33.3 Å². The Labute approximate surface area is 211 Å². The smallest absolute Gasteiger partial charge is 0.147 e. The molecule has 0 saturated carbocycles. The van der Waals surface area contributed by atoms with Crippen LogP contribution in [0.15, 0.2) is 48.7 Å². The largest absolute Gasteiger partial charge is 0.507 e. The minimum atomic E-state index is 0.163. The number of ether oxygens (including phenoxy) is 2. The molecule has 1 saturated heterocycles. The molecular formula is C28H33N5O3. The van der Waals surface area contributed by atoms with Gasteiger partial charge in [0, 0.05) is 56.9 Å². The summed E-state index contributed by atoms with van der Waals surface area (Å²) in [6, 6.07) is 13.6. The van der Waals surface area contributed by atoms with E-state index in [1.54, 1.807) is 25.0 Å². The minimum absolute atomic E-state index is 0.163. The first-order valence-corrected chi connectivity index (χ1v) is 12.4. The number of fused-ring (bicyclic) bond motifs is 1. The van der Waals surface area contributed by atoms with E-state index in [1.165, 1.54) is 0 Å². The predicted molar refractivity (Wildman–Crippen MR) is 140 cm³/mol. The molecule has 0 spiro atoms. The Morgan fingerprint density at radius 1 is 1.06 bits per heavy atom. The van der Waals surface area contributed by atoms with Gasteiger partial charge < -0.3 is 14.6 Å². The maximum atomic E-state index is 10.8. The van der Waals surface area contributed by atoms with Gasteiger partial charge in [0.15, 0.2) is 0 Å². The van der Waals surface area contributed by atoms with Crippen molar-refractivity contribution in [2.24, 2.45) is 7.05 Å². The lowest BCUT2D eigenvalue weighted by molar-refractivity contribution is 0.0282. The quantitative estimate of drug-likeness (QED) is 0.369. The van der Waals surface area contributed by atoms with Crippen LogP contribution in [0.1, 0.15) is 31.4 Å². The zero-order chi connectivity index (χ0) is 25.2. The van der Waals surface area contributed by atoms with E-state index in [0.717, 1.165) is 60.2 Å². The fourth-order valence-corrected chi connectivity index (χ4v) is 4.98. The van der Waals surface area contributed by atoms with Gasteiger partial charge in [-0.3, -0.25) is 9.58 Å². The van der Waals surface area contributed by atoms with E-state index in [9.17, 15) is 5.11 Å². The molecule has 3 heterocycles. The highest BCUT2D eigenvalue weighted by molar-refractivity contribution is 5.90. The summed E-state index contributed by atoms with van der Waals surface area (Å²) in [6.45, 7) is 5.10. The van der Waals surface area contributed by atoms with Crippen LogP contribution >= 0.6 is 0 Å². The highest BCUT2D eigenvalue weighted by Gasteiger charge is 2.31. The van der Waals surface area contributed by atoms with Gasteiger partial charge in [0.1, 0.15) is 17.0 Å². The van der Waals surface area contributed by atoms with Crippen LogP contribution in [0.3, 0.4) is 0 Å². The standard InChI is InChI=1S/C28H33N5O3/c1-5-6-22(35-3)17-33-15-21(16-33)24-9-10-25(30-29-24)23-8-7-18(12-26(23)34)19-11-20-14-32(2)31-28(20)27(13-19)36-4/h7-14,21-22,34H,5-6,15-17H2,1-4H3. The summed E-state index contributed by atoms with van der Waals surface area (Å²) in [7, 11) is 5.32. The number of aromatic hydroxyl groups is 1. The van der Waals surface area contributed by atoms with Crippen LogP contribution in [-0.2, 0) is 11.8 Å². The summed E-state index contributed by atoms with van der Waals surface area (Å²) in [5.74, 6) is 1.25. The zero-order valence-electron chi connectivity index (χ0n) is 21.3. The lowest BCUT2D eigenvalue weighted by Crippen LogP contribution is -2.48. The Kier molecular flexibility index (Phi) is 6.89. The van der Waals surface area contributed by atoms with E-state index < -0.39 is 0 Å². The molecule has 8 heteroatoms. The summed E-state index contributed by atoms with van der Waals surface area (Å²) in [4.78, 5) is 2.41. The molecule has 5 rings (SSSR count). The van der Waals surface area contributed by atoms with Crippen LogP contribution in [-0.4, -0.2) is 69.9 Å². The number of likely N-dealkylation sites (tertiary alicyclic amines) is 1. The van der Waals surface area contributed by atoms with E-state index in [-0.39, 0.29) is 5.75 Å². The first-order chi connectivity index (χ1) is 17.5. The van der Waals surface area contributed by atoms with Gasteiger partial charge in [0.05, 0.1) is 24.6 Å². The maximum absolute atomic E-state index is 10.8. The number of aromatic nitrogens is 4. The van der Waals surface area contributed by atoms with Gasteiger partial charge >= 0.3 is 0 Å². The van der Waals surface area contributed by atoms with Crippen molar-refractivity contribution in [2.45, 2.75) is 31.8 Å². The maximum Gasteiger partial charge on any atom is 0.147 e. The van der Waals surface area contributed by atoms with Crippen molar-refractivity contribution in [2.75, 3.05) is 33.9 Å². The van der Waals surface area contributed by atoms with Crippen LogP contribution in [0, 0.1) is 0 Å². The Hall–Kier alpha value is -3.49. The Morgan fingerprint density at radius 3 is 2.56 bits per heavy atom. The fraction of sp³-hybridized carbons (Fsp3) is 0.393. The lowest BCUT2D eigenvalue weighted by Gasteiger charge is -2.40. The van der Waals surface area contributed by atoms with Gasteiger partial charge in [-0.05, 0) is 53.9 Å². The van der Waals surface area contributed by atoms with Crippen molar-refractivity contribution >= 4 is 10.9 Å². The van der Waals surface area contributed by atoms with Crippen LogP contribution < -0.4 is 4.74 Å². The Morgan fingerprint density at radius 2 is 1.89 bits per heavy atom. The number of nitrogens with zero attached hydrogens (tertiary/aromatic N) is 5. The van der Waals surface area contributed by atoms with Crippen molar-refractivity contribution in [3.05, 3.63) is 54.4 Å². The normalized spacial score (nSPS) is 15.2. The number of methoxy groups -OCH3 is 2. The molecule has 8 nitrogen and oxygen atoms in total. The summed E-state index contributed by atoms with van der Waals surface area (Å²) in [6.07, 6.45) is 4.46. The number of hydrogen-bond acceptors (Lipinski definition) is 7. The molecular weight excluding hydrogens is 454 g/mol. The second kappa shape index (κ2) is 10.2. The molecule has 188 valence electrons. The van der Waals surface area contributed by atoms with Gasteiger partial charge in [-0.25, -0.2) is 0 Å². The number of hydrogen-bond donors (Lipinski definition) is 1. The van der Waals surface area contributed by atoms with Gasteiger partial charge in [-0.2, -0.15) is 15.3 Å². The third-order valence-electron chi connectivity index (χ3n) is 6.98. The average Bonchev–Trinajstić information content (AvgIpc) is 3.25. The summed E-state index contributed by atoms with van der Waals surface area (Å²) in [5.41, 5.74) is 4.95. The first kappa shape index (κ1) is 24.2. The molecule has 2 aromatic carbocycles. The van der Waals surface area contributed by atoms with Crippen molar-refractivity contribution in [1.82, 2.24) is 24.9 Å². The van der Waals surface area contributed by atoms with Gasteiger partial charge in [-0.1, -0.05) is 19.4 Å². The van der Waals surface area contributed by atoms with Crippen molar-refractivity contribution < 1.29 is 14.6 Å². The van der Waals surface area contributed by atoms with Gasteiger partial charge in [-0.15, -0.1) is 0 Å². The molecule has 1 aliphatic heterocycles. The second-order valence-corrected chi connectivity index (χ2v) is 9.56. The van der Waals surface area contributed by atoms with Crippen LogP contribution in [0.2, 0.25) is 0 Å². The summed E-state index contributed by atoms with van der Waals surface area (Å²) < 4.78 is 12.9. The number of phenolic OH excluding ortho intramolecular Hbond substituents is 1. The van der Waals surface area contributed by atoms with Gasteiger partial charge in [0.25, 0.3) is 0 Å². The average molecular weight is 488 g/mol. The molecule has 1 aliphatic rings. The minimum Gasteiger partial charge on any atom is -0.507 e. The molecule has 36 heavy (non-hydrogen) atoms. The molecule has 0 amide bonds. The third-order valence-corrected chi connectivity index (χ3v) is 6.98. The Bertz CT molecular complexity index is 1350. The zero-order valence-corrected chi connectivity index (χ0v) is 21.3. The molecule has 0 radical (unpaired) electrons. The number of benzene rings is 2. The molecule has 1 fully saturated rings. The number of aryl methyl sites for hydroxylation is 1. The summed E-state index contributed by atoms with van der Waals surface area (Å²) in [5, 5.41) is 25.2.